The average molecular weight is 259 g/mol. The monoisotopic (exact) mass is 259 g/mol. The Bertz CT molecular complexity index is 290. The van der Waals surface area contributed by atoms with Crippen molar-refractivity contribution in [2.24, 2.45) is 5.73 Å². The summed E-state index contributed by atoms with van der Waals surface area (Å²) in [6.45, 7) is 1.62. The maximum Gasteiger partial charge on any atom is 0.306 e. The van der Waals surface area contributed by atoms with Crippen LogP contribution in [-0.2, 0) is 19.1 Å². The molecule has 0 spiro atoms. The molecule has 0 aromatic heterocycles. The van der Waals surface area contributed by atoms with Crippen molar-refractivity contribution in [3.8, 4) is 0 Å². The normalized spacial score (nSPS) is 11.8. The van der Waals surface area contributed by atoms with Gasteiger partial charge in [0.2, 0.25) is 5.91 Å². The predicted molar refractivity (Wildman–Crippen MR) is 64.7 cm³/mol. The van der Waals surface area contributed by atoms with Gasteiger partial charge in [0.25, 0.3) is 0 Å². The van der Waals surface area contributed by atoms with Crippen molar-refractivity contribution in [3.63, 3.8) is 0 Å². The summed E-state index contributed by atoms with van der Waals surface area (Å²) in [7, 11) is 0. The van der Waals surface area contributed by atoms with E-state index in [0.717, 1.165) is 12.8 Å². The van der Waals surface area contributed by atoms with Gasteiger partial charge in [-0.15, -0.1) is 0 Å². The van der Waals surface area contributed by atoms with Crippen LogP contribution in [0.2, 0.25) is 0 Å². The molecular formula is C12H21NO5. The van der Waals surface area contributed by atoms with Crippen LogP contribution in [0.25, 0.3) is 0 Å². The van der Waals surface area contributed by atoms with E-state index in [-0.39, 0.29) is 25.2 Å². The summed E-state index contributed by atoms with van der Waals surface area (Å²) in [6.07, 6.45) is 2.88. The van der Waals surface area contributed by atoms with Crippen molar-refractivity contribution in [1.82, 2.24) is 0 Å². The number of amides is 1. The molecule has 6 nitrogen and oxygen atoms in total. The van der Waals surface area contributed by atoms with Gasteiger partial charge in [-0.05, 0) is 19.8 Å². The summed E-state index contributed by atoms with van der Waals surface area (Å²) in [5.74, 6) is -1.64. The van der Waals surface area contributed by atoms with E-state index >= 15 is 0 Å². The molecule has 0 aromatic carbocycles. The van der Waals surface area contributed by atoms with Gasteiger partial charge < -0.3 is 15.6 Å². The van der Waals surface area contributed by atoms with Crippen LogP contribution in [-0.4, -0.2) is 29.1 Å². The number of hydrogen-bond acceptors (Lipinski definition) is 4. The smallest absolute Gasteiger partial charge is 0.306 e. The molecule has 104 valence electrons. The maximum absolute atomic E-state index is 11.3. The summed E-state index contributed by atoms with van der Waals surface area (Å²) in [4.78, 5) is 32.1. The lowest BCUT2D eigenvalue weighted by Crippen LogP contribution is -2.22. The molecule has 0 saturated heterocycles. The molecule has 1 atom stereocenters. The Morgan fingerprint density at radius 2 is 1.67 bits per heavy atom. The number of aliphatic carboxylic acids is 1. The summed E-state index contributed by atoms with van der Waals surface area (Å²) in [5, 5.41) is 8.42. The maximum atomic E-state index is 11.3. The van der Waals surface area contributed by atoms with Gasteiger partial charge in [0.05, 0.1) is 6.42 Å². The number of unbranched alkanes of at least 4 members (excludes halogenated alkanes) is 3. The van der Waals surface area contributed by atoms with Gasteiger partial charge in [-0.2, -0.15) is 0 Å². The molecule has 0 aromatic rings. The third-order valence-electron chi connectivity index (χ3n) is 2.34. The second-order valence-electron chi connectivity index (χ2n) is 4.28. The Balaban J connectivity index is 3.47. The van der Waals surface area contributed by atoms with Crippen molar-refractivity contribution < 1.29 is 24.2 Å². The van der Waals surface area contributed by atoms with E-state index in [1.54, 1.807) is 6.92 Å². The number of carboxylic acid groups (broad SMARTS) is 1. The highest BCUT2D eigenvalue weighted by Crippen LogP contribution is 2.07. The fourth-order valence-corrected chi connectivity index (χ4v) is 1.51. The zero-order valence-electron chi connectivity index (χ0n) is 10.7. The lowest BCUT2D eigenvalue weighted by Gasteiger charge is -2.11. The molecule has 0 aliphatic carbocycles. The lowest BCUT2D eigenvalue weighted by atomic mass is 10.1. The molecule has 0 unspecified atom stereocenters. The Morgan fingerprint density at radius 1 is 1.11 bits per heavy atom. The Kier molecular flexibility index (Phi) is 8.61. The molecule has 0 heterocycles. The molecular weight excluding hydrogens is 238 g/mol. The van der Waals surface area contributed by atoms with Crippen LogP contribution in [0.4, 0.5) is 0 Å². The number of esters is 1. The molecule has 6 heteroatoms. The van der Waals surface area contributed by atoms with Gasteiger partial charge in [-0.1, -0.05) is 12.8 Å². The van der Waals surface area contributed by atoms with Gasteiger partial charge in [0.1, 0.15) is 6.10 Å². The number of carbonyl (C=O) groups excluding carboxylic acids is 2. The van der Waals surface area contributed by atoms with Crippen LogP contribution < -0.4 is 5.73 Å². The number of primary amides is 1. The van der Waals surface area contributed by atoms with Crippen LogP contribution in [0, 0.1) is 0 Å². The van der Waals surface area contributed by atoms with Gasteiger partial charge in [0.15, 0.2) is 0 Å². The van der Waals surface area contributed by atoms with E-state index in [4.69, 9.17) is 15.6 Å². The van der Waals surface area contributed by atoms with Crippen LogP contribution in [0.15, 0.2) is 0 Å². The zero-order chi connectivity index (χ0) is 14.0. The van der Waals surface area contributed by atoms with Gasteiger partial charge >= 0.3 is 11.9 Å². The molecule has 1 amide bonds. The van der Waals surface area contributed by atoms with E-state index in [0.29, 0.717) is 12.8 Å². The topological polar surface area (TPSA) is 107 Å². The van der Waals surface area contributed by atoms with Gasteiger partial charge in [-0.25, -0.2) is 0 Å². The minimum absolute atomic E-state index is 0.0321. The van der Waals surface area contributed by atoms with E-state index in [2.05, 4.69) is 0 Å². The summed E-state index contributed by atoms with van der Waals surface area (Å²) >= 11 is 0. The Hall–Kier alpha value is -1.59. The third-order valence-corrected chi connectivity index (χ3v) is 2.34. The molecule has 18 heavy (non-hydrogen) atoms. The highest BCUT2D eigenvalue weighted by Gasteiger charge is 2.11. The first-order chi connectivity index (χ1) is 8.41. The SMILES string of the molecule is C[C@H](CC(N)=O)OC(=O)CCCCCCC(=O)O. The fourth-order valence-electron chi connectivity index (χ4n) is 1.51. The highest BCUT2D eigenvalue weighted by atomic mass is 16.5. The molecule has 0 bridgehead atoms. The number of nitrogens with two attached hydrogens (primary N) is 1. The quantitative estimate of drug-likeness (QED) is 0.453. The van der Waals surface area contributed by atoms with Crippen molar-refractivity contribution in [2.45, 2.75) is 58.0 Å². The van der Waals surface area contributed by atoms with Crippen LogP contribution >= 0.6 is 0 Å². The molecule has 0 aliphatic heterocycles. The standard InChI is InChI=1S/C12H21NO5/c1-9(8-10(13)14)18-12(17)7-5-3-2-4-6-11(15)16/h9H,2-8H2,1H3,(H2,13,14)(H,15,16)/t9-/m1/s1. The lowest BCUT2D eigenvalue weighted by molar-refractivity contribution is -0.149. The molecule has 0 fully saturated rings. The summed E-state index contributed by atoms with van der Waals surface area (Å²) in [5.41, 5.74) is 4.97. The minimum atomic E-state index is -0.797. The highest BCUT2D eigenvalue weighted by molar-refractivity contribution is 5.75. The number of ether oxygens (including phenoxy) is 1. The number of hydrogen-bond donors (Lipinski definition) is 2. The Labute approximate surface area is 106 Å². The molecule has 0 rings (SSSR count). The average Bonchev–Trinajstić information content (AvgIpc) is 2.21. The van der Waals surface area contributed by atoms with E-state index in [1.165, 1.54) is 0 Å². The number of carbonyl (C=O) groups is 3. The largest absolute Gasteiger partial charge is 0.481 e. The summed E-state index contributed by atoms with van der Waals surface area (Å²) in [6, 6.07) is 0. The van der Waals surface area contributed by atoms with Crippen molar-refractivity contribution in [1.29, 1.82) is 0 Å². The first kappa shape index (κ1) is 16.4. The van der Waals surface area contributed by atoms with Crippen LogP contribution in [0.3, 0.4) is 0 Å². The summed E-state index contributed by atoms with van der Waals surface area (Å²) < 4.78 is 4.97. The fraction of sp³-hybridized carbons (Fsp3) is 0.750. The molecule has 3 N–H and O–H groups in total. The second-order valence-corrected chi connectivity index (χ2v) is 4.28. The van der Waals surface area contributed by atoms with E-state index < -0.39 is 18.0 Å². The van der Waals surface area contributed by atoms with Gasteiger partial charge in [0, 0.05) is 12.8 Å². The van der Waals surface area contributed by atoms with Gasteiger partial charge in [-0.3, -0.25) is 14.4 Å². The molecule has 0 radical (unpaired) electrons. The predicted octanol–water partition coefficient (Wildman–Crippen LogP) is 1.22. The first-order valence-electron chi connectivity index (χ1n) is 6.11. The molecule has 0 saturated carbocycles. The van der Waals surface area contributed by atoms with E-state index in [1.807, 2.05) is 0 Å². The minimum Gasteiger partial charge on any atom is -0.481 e. The zero-order valence-corrected chi connectivity index (χ0v) is 10.7. The first-order valence-corrected chi connectivity index (χ1v) is 6.11. The van der Waals surface area contributed by atoms with Crippen molar-refractivity contribution >= 4 is 17.8 Å². The van der Waals surface area contributed by atoms with Crippen LogP contribution in [0.1, 0.15) is 51.9 Å². The molecule has 0 aliphatic rings. The third kappa shape index (κ3) is 10.9. The van der Waals surface area contributed by atoms with Crippen molar-refractivity contribution in [3.05, 3.63) is 0 Å². The Morgan fingerprint density at radius 3 is 2.17 bits per heavy atom. The second kappa shape index (κ2) is 9.44. The number of rotatable bonds is 10. The van der Waals surface area contributed by atoms with Crippen molar-refractivity contribution in [2.75, 3.05) is 0 Å². The van der Waals surface area contributed by atoms with E-state index in [9.17, 15) is 14.4 Å². The number of carboxylic acids is 1. The van der Waals surface area contributed by atoms with Crippen LogP contribution in [0.5, 0.6) is 0 Å².